The van der Waals surface area contributed by atoms with E-state index < -0.39 is 18.0 Å². The molecule has 1 aliphatic heterocycles. The molecule has 0 spiro atoms. The quantitative estimate of drug-likeness (QED) is 0.856. The molecule has 2 rings (SSSR count). The number of hydrogen-bond donors (Lipinski definition) is 2. The van der Waals surface area contributed by atoms with Gasteiger partial charge in [0.1, 0.15) is 12.1 Å². The van der Waals surface area contributed by atoms with Crippen LogP contribution in [0.1, 0.15) is 24.8 Å². The van der Waals surface area contributed by atoms with Gasteiger partial charge in [-0.05, 0) is 37.5 Å². The van der Waals surface area contributed by atoms with Crippen molar-refractivity contribution in [1.82, 2.24) is 4.90 Å². The zero-order chi connectivity index (χ0) is 15.4. The summed E-state index contributed by atoms with van der Waals surface area (Å²) < 4.78 is 0.735. The van der Waals surface area contributed by atoms with E-state index in [1.54, 1.807) is 18.2 Å². The van der Waals surface area contributed by atoms with Crippen LogP contribution in [0.25, 0.3) is 0 Å². The number of amides is 2. The average Bonchev–Trinajstić information content (AvgIpc) is 2.48. The van der Waals surface area contributed by atoms with Gasteiger partial charge < -0.3 is 15.3 Å². The van der Waals surface area contributed by atoms with Crippen molar-refractivity contribution in [2.75, 3.05) is 11.9 Å². The van der Waals surface area contributed by atoms with E-state index in [0.717, 1.165) is 17.3 Å². The van der Waals surface area contributed by atoms with Gasteiger partial charge in [-0.25, -0.2) is 9.59 Å². The summed E-state index contributed by atoms with van der Waals surface area (Å²) in [6.45, 7) is 0.404. The number of carboxylic acid groups (broad SMARTS) is 1. The van der Waals surface area contributed by atoms with Gasteiger partial charge in [-0.1, -0.05) is 15.9 Å². The molecule has 1 fully saturated rings. The number of carboxylic acids is 1. The minimum absolute atomic E-state index is 0.321. The fraction of sp³-hybridized carbons (Fsp3) is 0.357. The van der Waals surface area contributed by atoms with E-state index in [9.17, 15) is 14.7 Å². The number of nitrogens with one attached hydrogen (secondary N) is 1. The number of rotatable bonds is 2. The lowest BCUT2D eigenvalue weighted by Crippen LogP contribution is -2.49. The molecule has 6 nitrogen and oxygen atoms in total. The first-order chi connectivity index (χ1) is 10.0. The first kappa shape index (κ1) is 15.3. The lowest BCUT2D eigenvalue weighted by molar-refractivity contribution is -0.143. The second-order valence-corrected chi connectivity index (χ2v) is 5.69. The van der Waals surface area contributed by atoms with Crippen LogP contribution in [0.2, 0.25) is 0 Å². The summed E-state index contributed by atoms with van der Waals surface area (Å²) in [7, 11) is 0. The summed E-state index contributed by atoms with van der Waals surface area (Å²) in [6, 6.07) is 5.63. The van der Waals surface area contributed by atoms with Gasteiger partial charge in [0.05, 0.1) is 11.3 Å². The molecule has 7 heteroatoms. The number of aliphatic carboxylic acids is 1. The van der Waals surface area contributed by atoms with Crippen molar-refractivity contribution in [3.05, 3.63) is 28.2 Å². The number of urea groups is 1. The largest absolute Gasteiger partial charge is 0.480 e. The number of benzene rings is 1. The van der Waals surface area contributed by atoms with E-state index in [4.69, 9.17) is 5.26 Å². The van der Waals surface area contributed by atoms with Crippen LogP contribution < -0.4 is 5.32 Å². The van der Waals surface area contributed by atoms with Crippen molar-refractivity contribution >= 4 is 33.6 Å². The van der Waals surface area contributed by atoms with Crippen LogP contribution in [0.3, 0.4) is 0 Å². The Labute approximate surface area is 130 Å². The van der Waals surface area contributed by atoms with E-state index in [2.05, 4.69) is 21.2 Å². The van der Waals surface area contributed by atoms with Gasteiger partial charge in [-0.3, -0.25) is 0 Å². The Morgan fingerprint density at radius 3 is 2.86 bits per heavy atom. The topological polar surface area (TPSA) is 93.4 Å². The number of piperidine rings is 1. The monoisotopic (exact) mass is 351 g/mol. The summed E-state index contributed by atoms with van der Waals surface area (Å²) in [5.41, 5.74) is 0.696. The molecular weight excluding hydrogens is 338 g/mol. The molecule has 1 saturated heterocycles. The molecule has 1 aromatic rings. The Hall–Kier alpha value is -2.07. The molecule has 1 aliphatic rings. The molecular formula is C14H14BrN3O3. The van der Waals surface area contributed by atoms with Gasteiger partial charge in [-0.2, -0.15) is 5.26 Å². The number of carbonyl (C=O) groups is 2. The number of halogens is 1. The van der Waals surface area contributed by atoms with E-state index in [1.165, 1.54) is 4.90 Å². The number of likely N-dealkylation sites (tertiary alicyclic amines) is 1. The average molecular weight is 352 g/mol. The molecule has 2 N–H and O–H groups in total. The molecule has 110 valence electrons. The zero-order valence-corrected chi connectivity index (χ0v) is 12.8. The van der Waals surface area contributed by atoms with Gasteiger partial charge in [0, 0.05) is 11.0 Å². The highest BCUT2D eigenvalue weighted by atomic mass is 79.9. The molecule has 1 aromatic carbocycles. The molecule has 1 unspecified atom stereocenters. The minimum Gasteiger partial charge on any atom is -0.480 e. The normalized spacial score (nSPS) is 17.9. The summed E-state index contributed by atoms with van der Waals surface area (Å²) in [5, 5.41) is 20.9. The first-order valence-electron chi connectivity index (χ1n) is 6.53. The maximum atomic E-state index is 12.3. The number of nitrogens with zero attached hydrogens (tertiary/aromatic N) is 2. The van der Waals surface area contributed by atoms with E-state index in [0.29, 0.717) is 24.2 Å². The third kappa shape index (κ3) is 3.52. The third-order valence-corrected chi connectivity index (χ3v) is 3.89. The summed E-state index contributed by atoms with van der Waals surface area (Å²) in [5.74, 6) is -0.999. The van der Waals surface area contributed by atoms with Crippen LogP contribution in [-0.2, 0) is 4.79 Å². The zero-order valence-electron chi connectivity index (χ0n) is 11.2. The maximum absolute atomic E-state index is 12.3. The van der Waals surface area contributed by atoms with Crippen molar-refractivity contribution in [3.63, 3.8) is 0 Å². The van der Waals surface area contributed by atoms with Gasteiger partial charge in [0.15, 0.2) is 0 Å². The molecule has 0 bridgehead atoms. The van der Waals surface area contributed by atoms with Crippen molar-refractivity contribution in [1.29, 1.82) is 5.26 Å². The summed E-state index contributed by atoms with van der Waals surface area (Å²) >= 11 is 3.26. The maximum Gasteiger partial charge on any atom is 0.326 e. The molecule has 0 aromatic heterocycles. The minimum atomic E-state index is -0.999. The van der Waals surface area contributed by atoms with Crippen LogP contribution in [0.5, 0.6) is 0 Å². The van der Waals surface area contributed by atoms with Crippen LogP contribution in [0, 0.1) is 11.3 Å². The van der Waals surface area contributed by atoms with Gasteiger partial charge in [0.25, 0.3) is 0 Å². The summed E-state index contributed by atoms with van der Waals surface area (Å²) in [4.78, 5) is 24.8. The SMILES string of the molecule is N#Cc1cc(Br)ccc1NC(=O)N1CCCCC1C(=O)O. The number of carbonyl (C=O) groups excluding carboxylic acids is 1. The molecule has 2 amide bonds. The third-order valence-electron chi connectivity index (χ3n) is 3.39. The van der Waals surface area contributed by atoms with Crippen molar-refractivity contribution < 1.29 is 14.7 Å². The van der Waals surface area contributed by atoms with Gasteiger partial charge >= 0.3 is 12.0 Å². The fourth-order valence-corrected chi connectivity index (χ4v) is 2.70. The van der Waals surface area contributed by atoms with Gasteiger partial charge in [-0.15, -0.1) is 0 Å². The lowest BCUT2D eigenvalue weighted by Gasteiger charge is -2.32. The Bertz CT molecular complexity index is 612. The van der Waals surface area contributed by atoms with Crippen LogP contribution in [0.15, 0.2) is 22.7 Å². The second kappa shape index (κ2) is 6.59. The molecule has 1 heterocycles. The fourth-order valence-electron chi connectivity index (χ4n) is 2.34. The lowest BCUT2D eigenvalue weighted by atomic mass is 10.0. The highest BCUT2D eigenvalue weighted by Crippen LogP contribution is 2.23. The summed E-state index contributed by atoms with van der Waals surface area (Å²) in [6.07, 6.45) is 2.03. The number of hydrogen-bond acceptors (Lipinski definition) is 3. The highest BCUT2D eigenvalue weighted by molar-refractivity contribution is 9.10. The Morgan fingerprint density at radius 1 is 1.43 bits per heavy atom. The van der Waals surface area contributed by atoms with Crippen LogP contribution in [-0.4, -0.2) is 34.6 Å². The Morgan fingerprint density at radius 2 is 2.19 bits per heavy atom. The van der Waals surface area contributed by atoms with E-state index >= 15 is 0 Å². The first-order valence-corrected chi connectivity index (χ1v) is 7.32. The second-order valence-electron chi connectivity index (χ2n) is 4.78. The smallest absolute Gasteiger partial charge is 0.326 e. The molecule has 0 radical (unpaired) electrons. The van der Waals surface area contributed by atoms with E-state index in [-0.39, 0.29) is 0 Å². The van der Waals surface area contributed by atoms with Crippen molar-refractivity contribution in [2.45, 2.75) is 25.3 Å². The Balaban J connectivity index is 2.17. The molecule has 1 atom stereocenters. The van der Waals surface area contributed by atoms with Crippen LogP contribution >= 0.6 is 15.9 Å². The number of nitriles is 1. The molecule has 21 heavy (non-hydrogen) atoms. The standard InChI is InChI=1S/C14H14BrN3O3/c15-10-4-5-11(9(7-10)8-16)17-14(21)18-6-2-1-3-12(18)13(19)20/h4-5,7,12H,1-3,6H2,(H,17,21)(H,19,20). The predicted molar refractivity (Wildman–Crippen MR) is 79.9 cm³/mol. The van der Waals surface area contributed by atoms with Crippen molar-refractivity contribution in [2.24, 2.45) is 0 Å². The van der Waals surface area contributed by atoms with Crippen LogP contribution in [0.4, 0.5) is 10.5 Å². The van der Waals surface area contributed by atoms with E-state index in [1.807, 2.05) is 6.07 Å². The Kier molecular flexibility index (Phi) is 4.81. The van der Waals surface area contributed by atoms with Gasteiger partial charge in [0.2, 0.25) is 0 Å². The number of anilines is 1. The highest BCUT2D eigenvalue weighted by Gasteiger charge is 2.32. The molecule has 0 aliphatic carbocycles. The van der Waals surface area contributed by atoms with Crippen molar-refractivity contribution in [3.8, 4) is 6.07 Å². The molecule has 0 saturated carbocycles. The predicted octanol–water partition coefficient (Wildman–Crippen LogP) is 2.79.